The summed E-state index contributed by atoms with van der Waals surface area (Å²) in [7, 11) is 0. The Hall–Kier alpha value is -2.37. The van der Waals surface area contributed by atoms with Crippen LogP contribution in [0.5, 0.6) is 0 Å². The predicted octanol–water partition coefficient (Wildman–Crippen LogP) is 3.09. The number of carboxylic acids is 1. The van der Waals surface area contributed by atoms with Gasteiger partial charge in [-0.1, -0.05) is 48.5 Å². The van der Waals surface area contributed by atoms with Crippen molar-refractivity contribution >= 4 is 11.7 Å². The maximum absolute atomic E-state index is 11.0. The van der Waals surface area contributed by atoms with Crippen LogP contribution in [0.2, 0.25) is 0 Å². The smallest absolute Gasteiger partial charge is 0.303 e. The van der Waals surface area contributed by atoms with Gasteiger partial charge in [-0.05, 0) is 30.0 Å². The molecule has 2 N–H and O–H groups in total. The molecule has 2 aromatic rings. The lowest BCUT2D eigenvalue weighted by atomic mass is 10.0. The van der Waals surface area contributed by atoms with Gasteiger partial charge in [0.1, 0.15) is 0 Å². The van der Waals surface area contributed by atoms with Crippen LogP contribution in [0.25, 0.3) is 0 Å². The van der Waals surface area contributed by atoms with Gasteiger partial charge in [0, 0.05) is 37.8 Å². The maximum atomic E-state index is 11.0. The number of morpholine rings is 1. The molecule has 0 saturated carbocycles. The zero-order valence-corrected chi connectivity index (χ0v) is 15.6. The molecule has 5 heteroatoms. The fourth-order valence-electron chi connectivity index (χ4n) is 3.50. The molecule has 1 atom stereocenters. The summed E-state index contributed by atoms with van der Waals surface area (Å²) in [6.45, 7) is 4.06. The lowest BCUT2D eigenvalue weighted by Gasteiger charge is -2.31. The summed E-state index contributed by atoms with van der Waals surface area (Å²) in [5.41, 5.74) is 3.71. The third-order valence-electron chi connectivity index (χ3n) is 4.96. The molecule has 0 aliphatic carbocycles. The highest BCUT2D eigenvalue weighted by atomic mass is 16.5. The molecule has 27 heavy (non-hydrogen) atoms. The first-order valence-corrected chi connectivity index (χ1v) is 9.62. The second kappa shape index (κ2) is 10.1. The van der Waals surface area contributed by atoms with Crippen molar-refractivity contribution in [3.05, 3.63) is 65.7 Å². The summed E-state index contributed by atoms with van der Waals surface area (Å²) in [5.74, 6) is -0.747. The van der Waals surface area contributed by atoms with Gasteiger partial charge < -0.3 is 20.1 Å². The van der Waals surface area contributed by atoms with Crippen LogP contribution in [0.1, 0.15) is 24.0 Å². The van der Waals surface area contributed by atoms with E-state index in [1.54, 1.807) is 0 Å². The van der Waals surface area contributed by atoms with Crippen LogP contribution in [-0.4, -0.2) is 43.4 Å². The van der Waals surface area contributed by atoms with Crippen molar-refractivity contribution in [1.82, 2.24) is 5.32 Å². The average Bonchev–Trinajstić information content (AvgIpc) is 2.71. The Morgan fingerprint density at radius 1 is 1.07 bits per heavy atom. The van der Waals surface area contributed by atoms with Gasteiger partial charge in [0.15, 0.2) is 0 Å². The molecular weight excluding hydrogens is 340 g/mol. The van der Waals surface area contributed by atoms with Gasteiger partial charge in [0.2, 0.25) is 0 Å². The molecule has 0 amide bonds. The number of para-hydroxylation sites is 1. The minimum absolute atomic E-state index is 0.126. The van der Waals surface area contributed by atoms with E-state index in [2.05, 4.69) is 46.6 Å². The molecule has 1 saturated heterocycles. The molecule has 144 valence electrons. The summed E-state index contributed by atoms with van der Waals surface area (Å²) in [6, 6.07) is 18.8. The Morgan fingerprint density at radius 2 is 1.78 bits per heavy atom. The maximum Gasteiger partial charge on any atom is 0.303 e. The van der Waals surface area contributed by atoms with Gasteiger partial charge >= 0.3 is 5.97 Å². The Morgan fingerprint density at radius 3 is 2.52 bits per heavy atom. The van der Waals surface area contributed by atoms with Crippen LogP contribution < -0.4 is 10.2 Å². The van der Waals surface area contributed by atoms with Crippen LogP contribution in [0.4, 0.5) is 5.69 Å². The largest absolute Gasteiger partial charge is 0.481 e. The molecule has 0 spiro atoms. The number of benzene rings is 2. The van der Waals surface area contributed by atoms with Crippen LogP contribution in [-0.2, 0) is 22.5 Å². The molecule has 1 aliphatic rings. The average molecular weight is 368 g/mol. The fraction of sp³-hybridized carbons (Fsp3) is 0.409. The molecule has 2 aromatic carbocycles. The Labute approximate surface area is 161 Å². The molecule has 1 aliphatic heterocycles. The highest BCUT2D eigenvalue weighted by Gasteiger charge is 2.16. The summed E-state index contributed by atoms with van der Waals surface area (Å²) < 4.78 is 5.47. The standard InChI is InChI=1S/C22H28N2O3/c25-22(26)11-10-20(16-18-6-2-1-3-7-18)23-17-19-8-4-5-9-21(19)24-12-14-27-15-13-24/h1-9,20,23H,10-17H2,(H,25,26). The van der Waals surface area contributed by atoms with E-state index >= 15 is 0 Å². The molecule has 0 radical (unpaired) electrons. The second-order valence-electron chi connectivity index (χ2n) is 6.93. The highest BCUT2D eigenvalue weighted by molar-refractivity contribution is 5.66. The quantitative estimate of drug-likeness (QED) is 0.712. The van der Waals surface area contributed by atoms with Crippen molar-refractivity contribution in [3.63, 3.8) is 0 Å². The number of ether oxygens (including phenoxy) is 1. The number of carboxylic acid groups (broad SMARTS) is 1. The lowest BCUT2D eigenvalue weighted by molar-refractivity contribution is -0.137. The third kappa shape index (κ3) is 6.08. The van der Waals surface area contributed by atoms with E-state index in [1.807, 2.05) is 18.2 Å². The van der Waals surface area contributed by atoms with E-state index < -0.39 is 5.97 Å². The number of carbonyl (C=O) groups is 1. The summed E-state index contributed by atoms with van der Waals surface area (Å²) in [4.78, 5) is 13.4. The van der Waals surface area contributed by atoms with E-state index in [0.717, 1.165) is 39.3 Å². The van der Waals surface area contributed by atoms with Gasteiger partial charge in [0.25, 0.3) is 0 Å². The molecule has 0 bridgehead atoms. The first-order chi connectivity index (χ1) is 13.2. The molecule has 1 unspecified atom stereocenters. The number of nitrogens with zero attached hydrogens (tertiary/aromatic N) is 1. The van der Waals surface area contributed by atoms with Gasteiger partial charge in [0.05, 0.1) is 13.2 Å². The van der Waals surface area contributed by atoms with E-state index in [0.29, 0.717) is 6.42 Å². The van der Waals surface area contributed by atoms with Crippen molar-refractivity contribution in [2.24, 2.45) is 0 Å². The van der Waals surface area contributed by atoms with Crippen LogP contribution in [0.15, 0.2) is 54.6 Å². The molecule has 3 rings (SSSR count). The number of anilines is 1. The zero-order valence-electron chi connectivity index (χ0n) is 15.6. The SMILES string of the molecule is O=C(O)CCC(Cc1ccccc1)NCc1ccccc1N1CCOCC1. The van der Waals surface area contributed by atoms with E-state index in [-0.39, 0.29) is 12.5 Å². The Kier molecular flexibility index (Phi) is 7.25. The monoisotopic (exact) mass is 368 g/mol. The molecule has 1 heterocycles. The Bertz CT molecular complexity index is 715. The number of rotatable bonds is 9. The topological polar surface area (TPSA) is 61.8 Å². The van der Waals surface area contributed by atoms with E-state index in [1.165, 1.54) is 16.8 Å². The summed E-state index contributed by atoms with van der Waals surface area (Å²) >= 11 is 0. The van der Waals surface area contributed by atoms with Gasteiger partial charge in [-0.25, -0.2) is 0 Å². The van der Waals surface area contributed by atoms with Crippen LogP contribution in [0.3, 0.4) is 0 Å². The molecular formula is C22H28N2O3. The fourth-order valence-corrected chi connectivity index (χ4v) is 3.50. The Balaban J connectivity index is 1.66. The van der Waals surface area contributed by atoms with Gasteiger partial charge in [-0.3, -0.25) is 4.79 Å². The first-order valence-electron chi connectivity index (χ1n) is 9.62. The predicted molar refractivity (Wildman–Crippen MR) is 107 cm³/mol. The normalized spacial score (nSPS) is 15.5. The number of aliphatic carboxylic acids is 1. The van der Waals surface area contributed by atoms with Gasteiger partial charge in [-0.2, -0.15) is 0 Å². The number of nitrogens with one attached hydrogen (secondary N) is 1. The second-order valence-corrected chi connectivity index (χ2v) is 6.93. The lowest BCUT2D eigenvalue weighted by Crippen LogP contribution is -2.37. The summed E-state index contributed by atoms with van der Waals surface area (Å²) in [5, 5.41) is 12.7. The third-order valence-corrected chi connectivity index (χ3v) is 4.96. The minimum Gasteiger partial charge on any atom is -0.481 e. The molecule has 1 fully saturated rings. The van der Waals surface area contributed by atoms with Crippen LogP contribution in [0, 0.1) is 0 Å². The number of hydrogen-bond donors (Lipinski definition) is 2. The van der Waals surface area contributed by atoms with Crippen molar-refractivity contribution in [1.29, 1.82) is 0 Å². The van der Waals surface area contributed by atoms with Crippen molar-refractivity contribution < 1.29 is 14.6 Å². The zero-order chi connectivity index (χ0) is 18.9. The van der Waals surface area contributed by atoms with E-state index in [9.17, 15) is 4.79 Å². The van der Waals surface area contributed by atoms with Crippen LogP contribution >= 0.6 is 0 Å². The van der Waals surface area contributed by atoms with Crippen molar-refractivity contribution in [2.75, 3.05) is 31.2 Å². The minimum atomic E-state index is -0.747. The van der Waals surface area contributed by atoms with Crippen molar-refractivity contribution in [3.8, 4) is 0 Å². The van der Waals surface area contributed by atoms with E-state index in [4.69, 9.17) is 9.84 Å². The summed E-state index contributed by atoms with van der Waals surface area (Å²) in [6.07, 6.45) is 1.62. The molecule has 5 nitrogen and oxygen atoms in total. The first kappa shape index (κ1) is 19.4. The number of hydrogen-bond acceptors (Lipinski definition) is 4. The van der Waals surface area contributed by atoms with Gasteiger partial charge in [-0.15, -0.1) is 0 Å². The highest BCUT2D eigenvalue weighted by Crippen LogP contribution is 2.22. The molecule has 0 aromatic heterocycles. The van der Waals surface area contributed by atoms with Crippen molar-refractivity contribution in [2.45, 2.75) is 31.8 Å².